The molecule has 4 saturated carbocycles. The summed E-state index contributed by atoms with van der Waals surface area (Å²) in [7, 11) is 0. The minimum atomic E-state index is -0.200. The lowest BCUT2D eigenvalue weighted by atomic mass is 9.92. The summed E-state index contributed by atoms with van der Waals surface area (Å²) in [5.41, 5.74) is 17.4. The number of nitrogens with one attached hydrogen (secondary N) is 4. The highest BCUT2D eigenvalue weighted by Crippen LogP contribution is 2.47. The number of fused-ring (bicyclic) bond motifs is 6. The van der Waals surface area contributed by atoms with E-state index in [1.807, 2.05) is 48.5 Å². The number of aliphatic hydroxyl groups excluding tert-OH is 2. The first-order valence-electron chi connectivity index (χ1n) is 17.4. The van der Waals surface area contributed by atoms with Gasteiger partial charge in [0.2, 0.25) is 11.9 Å². The number of rotatable bonds is 6. The summed E-state index contributed by atoms with van der Waals surface area (Å²) < 4.78 is 0. The van der Waals surface area contributed by atoms with Crippen LogP contribution in [0.4, 0.5) is 23.5 Å². The summed E-state index contributed by atoms with van der Waals surface area (Å²) in [6.45, 7) is 0. The Labute approximate surface area is 287 Å². The molecule has 8 atom stereocenters. The molecule has 10 rings (SSSR count). The van der Waals surface area contributed by atoms with Gasteiger partial charge in [-0.15, -0.1) is 0 Å². The maximum absolute atomic E-state index is 10.2. The molecule has 0 spiro atoms. The lowest BCUT2D eigenvalue weighted by Crippen LogP contribution is -2.34. The van der Waals surface area contributed by atoms with E-state index in [-0.39, 0.29) is 36.2 Å². The van der Waals surface area contributed by atoms with Gasteiger partial charge < -0.3 is 32.3 Å². The van der Waals surface area contributed by atoms with Gasteiger partial charge in [0.1, 0.15) is 11.6 Å². The first-order valence-corrected chi connectivity index (χ1v) is 17.4. The Morgan fingerprint density at radius 1 is 0.580 bits per heavy atom. The van der Waals surface area contributed by atoms with Gasteiger partial charge in [0, 0.05) is 58.2 Å². The molecular weight excluding hydrogens is 632 g/mol. The maximum atomic E-state index is 10.2. The zero-order valence-corrected chi connectivity index (χ0v) is 27.4. The summed E-state index contributed by atoms with van der Waals surface area (Å²) in [4.78, 5) is 17.6. The predicted octanol–water partition coefficient (Wildman–Crippen LogP) is 4.35. The van der Waals surface area contributed by atoms with E-state index < -0.39 is 0 Å². The molecule has 6 aromatic rings. The lowest BCUT2D eigenvalue weighted by Gasteiger charge is -2.27. The SMILES string of the molecule is Nc1nc(N[C@@H]2C[C@H]3C[C@@H]2[C@@H](O)C3)c2ccc(-c3ccn[nH]3)cc2n1.Nc1nc(N[C@H]2C[C@@H]3C[C@H]2[C@H](O)C3)c2ccc(-c3ccn[nH]3)cc2n1. The van der Waals surface area contributed by atoms with E-state index in [9.17, 15) is 10.2 Å². The maximum Gasteiger partial charge on any atom is 0.222 e. The second-order valence-corrected chi connectivity index (χ2v) is 14.4. The van der Waals surface area contributed by atoms with E-state index >= 15 is 0 Å². The van der Waals surface area contributed by atoms with E-state index in [1.54, 1.807) is 12.4 Å². The Hall–Kier alpha value is -5.34. The van der Waals surface area contributed by atoms with Gasteiger partial charge in [-0.1, -0.05) is 12.1 Å². The smallest absolute Gasteiger partial charge is 0.222 e. The van der Waals surface area contributed by atoms with Crippen LogP contribution in [0.2, 0.25) is 0 Å². The number of nitrogen functional groups attached to an aromatic ring is 2. The van der Waals surface area contributed by atoms with Crippen LogP contribution in [0.1, 0.15) is 38.5 Å². The van der Waals surface area contributed by atoms with Gasteiger partial charge in [0.25, 0.3) is 0 Å². The predicted molar refractivity (Wildman–Crippen MR) is 192 cm³/mol. The van der Waals surface area contributed by atoms with E-state index in [2.05, 4.69) is 51.0 Å². The van der Waals surface area contributed by atoms with Crippen molar-refractivity contribution in [2.75, 3.05) is 22.1 Å². The highest BCUT2D eigenvalue weighted by atomic mass is 16.3. The molecule has 0 aliphatic heterocycles. The van der Waals surface area contributed by atoms with Crippen molar-refractivity contribution in [2.45, 2.75) is 62.8 Å². The summed E-state index contributed by atoms with van der Waals surface area (Å²) in [5, 5.41) is 43.2. The number of aliphatic hydroxyl groups is 2. The Balaban J connectivity index is 0.000000135. The molecule has 10 N–H and O–H groups in total. The van der Waals surface area contributed by atoms with Crippen LogP contribution in [0.25, 0.3) is 44.3 Å². The van der Waals surface area contributed by atoms with E-state index in [0.29, 0.717) is 23.7 Å². The first-order chi connectivity index (χ1) is 24.3. The largest absolute Gasteiger partial charge is 0.393 e. The molecule has 4 aliphatic rings. The van der Waals surface area contributed by atoms with Crippen LogP contribution in [0.3, 0.4) is 0 Å². The Morgan fingerprint density at radius 3 is 1.42 bits per heavy atom. The van der Waals surface area contributed by atoms with Crippen molar-refractivity contribution < 1.29 is 10.2 Å². The molecule has 4 aliphatic carbocycles. The second kappa shape index (κ2) is 12.2. The zero-order valence-electron chi connectivity index (χ0n) is 27.4. The molecule has 4 bridgehead atoms. The number of hydrogen-bond donors (Lipinski definition) is 8. The van der Waals surface area contributed by atoms with E-state index in [1.165, 1.54) is 0 Å². The number of hydrogen-bond acceptors (Lipinski definition) is 12. The highest BCUT2D eigenvalue weighted by Gasteiger charge is 2.46. The van der Waals surface area contributed by atoms with Crippen molar-refractivity contribution in [3.63, 3.8) is 0 Å². The van der Waals surface area contributed by atoms with Crippen molar-refractivity contribution in [2.24, 2.45) is 23.7 Å². The van der Waals surface area contributed by atoms with E-state index in [4.69, 9.17) is 11.5 Å². The van der Waals surface area contributed by atoms with Crippen molar-refractivity contribution >= 4 is 45.3 Å². The summed E-state index contributed by atoms with van der Waals surface area (Å²) >= 11 is 0. The number of benzene rings is 2. The minimum absolute atomic E-state index is 0.200. The fourth-order valence-corrected chi connectivity index (χ4v) is 8.99. The van der Waals surface area contributed by atoms with Gasteiger partial charge in [-0.2, -0.15) is 20.2 Å². The van der Waals surface area contributed by atoms with Crippen molar-refractivity contribution in [1.29, 1.82) is 0 Å². The molecule has 0 amide bonds. The van der Waals surface area contributed by atoms with Crippen LogP contribution < -0.4 is 22.1 Å². The molecule has 256 valence electrons. The molecule has 4 fully saturated rings. The van der Waals surface area contributed by atoms with Crippen LogP contribution in [-0.2, 0) is 0 Å². The molecule has 2 aromatic carbocycles. The summed E-state index contributed by atoms with van der Waals surface area (Å²) in [6, 6.07) is 16.4. The highest BCUT2D eigenvalue weighted by molar-refractivity contribution is 5.93. The fourth-order valence-electron chi connectivity index (χ4n) is 8.99. The molecule has 0 unspecified atom stereocenters. The normalized spacial score (nSPS) is 27.9. The van der Waals surface area contributed by atoms with Crippen LogP contribution in [0, 0.1) is 23.7 Å². The Bertz CT molecular complexity index is 2000. The lowest BCUT2D eigenvalue weighted by molar-refractivity contribution is 0.106. The quantitative estimate of drug-likeness (QED) is 0.124. The number of aromatic amines is 2. The van der Waals surface area contributed by atoms with Crippen molar-refractivity contribution in [1.82, 2.24) is 40.3 Å². The van der Waals surface area contributed by atoms with Crippen LogP contribution >= 0.6 is 0 Å². The van der Waals surface area contributed by atoms with Crippen molar-refractivity contribution in [3.05, 3.63) is 60.9 Å². The topological polar surface area (TPSA) is 225 Å². The van der Waals surface area contributed by atoms with Gasteiger partial charge in [0.05, 0.1) is 34.6 Å². The third-order valence-electron chi connectivity index (χ3n) is 11.3. The average molecular weight is 673 g/mol. The standard InChI is InChI=1S/2C18H20N6O/c2*19-18-22-15-8-10(13-3-4-20-24-13)1-2-11(15)17(23-18)21-14-6-9-5-12(14)16(25)7-9/h2*1-4,8-9,12,14,16,25H,5-7H2,(H,20,24)(H3,19,21,22,23)/t2*9-,12+,14-,16+/m10/s1. The molecule has 50 heavy (non-hydrogen) atoms. The second-order valence-electron chi connectivity index (χ2n) is 14.4. The zero-order chi connectivity index (χ0) is 33.9. The number of nitrogens with two attached hydrogens (primary N) is 2. The summed E-state index contributed by atoms with van der Waals surface area (Å²) in [5.74, 6) is 3.86. The van der Waals surface area contributed by atoms with Gasteiger partial charge in [0.15, 0.2) is 0 Å². The number of aromatic nitrogens is 8. The molecule has 14 nitrogen and oxygen atoms in total. The van der Waals surface area contributed by atoms with Crippen molar-refractivity contribution in [3.8, 4) is 22.5 Å². The number of anilines is 4. The fraction of sp³-hybridized carbons (Fsp3) is 0.389. The third-order valence-corrected chi connectivity index (χ3v) is 11.3. The van der Waals surface area contributed by atoms with E-state index in [0.717, 1.165) is 94.5 Å². The van der Waals surface area contributed by atoms with Gasteiger partial charge in [-0.3, -0.25) is 10.2 Å². The molecule has 4 heterocycles. The van der Waals surface area contributed by atoms with Crippen LogP contribution in [-0.4, -0.2) is 74.8 Å². The Morgan fingerprint density at radius 2 is 1.04 bits per heavy atom. The molecule has 0 saturated heterocycles. The van der Waals surface area contributed by atoms with Crippen LogP contribution in [0.15, 0.2) is 60.9 Å². The molecular formula is C36H40N12O2. The number of nitrogens with zero attached hydrogens (tertiary/aromatic N) is 6. The first kappa shape index (κ1) is 30.7. The summed E-state index contributed by atoms with van der Waals surface area (Å²) in [6.07, 6.45) is 9.28. The minimum Gasteiger partial charge on any atom is -0.393 e. The average Bonchev–Trinajstić information content (AvgIpc) is 3.95. The molecule has 0 radical (unpaired) electrons. The van der Waals surface area contributed by atoms with Gasteiger partial charge in [-0.05, 0) is 86.8 Å². The number of H-pyrrole nitrogens is 2. The molecule has 14 heteroatoms. The third kappa shape index (κ3) is 5.63. The van der Waals surface area contributed by atoms with Crippen LogP contribution in [0.5, 0.6) is 0 Å². The Kier molecular flexibility index (Phi) is 7.50. The monoisotopic (exact) mass is 672 g/mol. The van der Waals surface area contributed by atoms with Gasteiger partial charge in [-0.25, -0.2) is 9.97 Å². The molecule has 4 aromatic heterocycles. The van der Waals surface area contributed by atoms with Gasteiger partial charge >= 0.3 is 0 Å².